The van der Waals surface area contributed by atoms with Crippen LogP contribution < -0.4 is 5.32 Å². The van der Waals surface area contributed by atoms with E-state index in [4.69, 9.17) is 0 Å². The number of hydrogen-bond acceptors (Lipinski definition) is 3. The van der Waals surface area contributed by atoms with Gasteiger partial charge in [-0.3, -0.25) is 0 Å². The molecule has 1 aromatic heterocycles. The quantitative estimate of drug-likeness (QED) is 0.726. The molecule has 1 aliphatic carbocycles. The number of fused-ring (bicyclic) bond motifs is 2. The largest absolute Gasteiger partial charge is 0.355 e. The topological polar surface area (TPSA) is 24.9 Å². The predicted molar refractivity (Wildman–Crippen MR) is 85.3 cm³/mol. The van der Waals surface area contributed by atoms with Crippen LogP contribution >= 0.6 is 11.3 Å². The summed E-state index contributed by atoms with van der Waals surface area (Å²) in [5, 5.41) is 4.40. The van der Waals surface area contributed by atoms with Crippen molar-refractivity contribution in [2.75, 3.05) is 5.32 Å². The van der Waals surface area contributed by atoms with Crippen molar-refractivity contribution in [1.82, 2.24) is 4.98 Å². The first-order chi connectivity index (χ1) is 10.3. The maximum atomic E-state index is 13.2. The van der Waals surface area contributed by atoms with Crippen LogP contribution in [0.3, 0.4) is 0 Å². The number of nitrogens with one attached hydrogen (secondary N) is 1. The second-order valence-corrected chi connectivity index (χ2v) is 6.45. The van der Waals surface area contributed by atoms with E-state index in [1.165, 1.54) is 29.7 Å². The van der Waals surface area contributed by atoms with Gasteiger partial charge in [0, 0.05) is 6.07 Å². The molecule has 21 heavy (non-hydrogen) atoms. The first kappa shape index (κ1) is 12.8. The zero-order valence-electron chi connectivity index (χ0n) is 11.5. The molecular weight excluding hydrogens is 283 g/mol. The van der Waals surface area contributed by atoms with Gasteiger partial charge in [-0.15, -0.1) is 0 Å². The molecule has 2 aromatic carbocycles. The van der Waals surface area contributed by atoms with Crippen LogP contribution in [0.2, 0.25) is 0 Å². The maximum absolute atomic E-state index is 13.2. The van der Waals surface area contributed by atoms with Crippen LogP contribution in [0.25, 0.3) is 10.2 Å². The van der Waals surface area contributed by atoms with Crippen molar-refractivity contribution in [1.29, 1.82) is 0 Å². The van der Waals surface area contributed by atoms with Gasteiger partial charge in [0.05, 0.1) is 16.3 Å². The molecule has 3 aromatic rings. The van der Waals surface area contributed by atoms with Crippen molar-refractivity contribution in [3.8, 4) is 0 Å². The smallest absolute Gasteiger partial charge is 0.184 e. The van der Waals surface area contributed by atoms with Crippen LogP contribution in [-0.4, -0.2) is 4.98 Å². The Balaban J connectivity index is 1.66. The van der Waals surface area contributed by atoms with Crippen molar-refractivity contribution >= 4 is 26.7 Å². The summed E-state index contributed by atoms with van der Waals surface area (Å²) >= 11 is 1.59. The van der Waals surface area contributed by atoms with Gasteiger partial charge < -0.3 is 5.32 Å². The molecule has 0 bridgehead atoms. The van der Waals surface area contributed by atoms with E-state index in [9.17, 15) is 4.39 Å². The second-order valence-electron chi connectivity index (χ2n) is 5.42. The minimum atomic E-state index is -0.234. The van der Waals surface area contributed by atoms with Crippen LogP contribution in [0.4, 0.5) is 9.52 Å². The highest BCUT2D eigenvalue weighted by Crippen LogP contribution is 2.35. The molecule has 1 aliphatic rings. The molecule has 1 N–H and O–H groups in total. The standard InChI is InChI=1S/C17H15FN2S/c18-12-8-9-16-15(10-12)20-17(21-16)19-14-7-3-5-11-4-1-2-6-13(11)14/h1-2,4,6,8-10,14H,3,5,7H2,(H,19,20). The zero-order chi connectivity index (χ0) is 14.2. The molecule has 0 radical (unpaired) electrons. The Morgan fingerprint density at radius 3 is 3.05 bits per heavy atom. The third-order valence-corrected chi connectivity index (χ3v) is 4.98. The monoisotopic (exact) mass is 298 g/mol. The summed E-state index contributed by atoms with van der Waals surface area (Å²) in [5.74, 6) is -0.234. The molecule has 2 nitrogen and oxygen atoms in total. The van der Waals surface area contributed by atoms with E-state index >= 15 is 0 Å². The molecule has 4 rings (SSSR count). The number of nitrogens with zero attached hydrogens (tertiary/aromatic N) is 1. The average molecular weight is 298 g/mol. The third kappa shape index (κ3) is 2.40. The molecule has 1 unspecified atom stereocenters. The van der Waals surface area contributed by atoms with Crippen molar-refractivity contribution in [2.24, 2.45) is 0 Å². The molecule has 0 amide bonds. The van der Waals surface area contributed by atoms with E-state index in [1.54, 1.807) is 17.4 Å². The summed E-state index contributed by atoms with van der Waals surface area (Å²) < 4.78 is 14.3. The minimum absolute atomic E-state index is 0.234. The van der Waals surface area contributed by atoms with E-state index in [2.05, 4.69) is 34.6 Å². The fourth-order valence-electron chi connectivity index (χ4n) is 3.02. The van der Waals surface area contributed by atoms with E-state index in [0.29, 0.717) is 6.04 Å². The molecule has 1 atom stereocenters. The van der Waals surface area contributed by atoms with Gasteiger partial charge in [-0.1, -0.05) is 35.6 Å². The summed E-state index contributed by atoms with van der Waals surface area (Å²) in [6.45, 7) is 0. The fraction of sp³-hybridized carbons (Fsp3) is 0.235. The molecule has 1 heterocycles. The van der Waals surface area contributed by atoms with Gasteiger partial charge in [-0.2, -0.15) is 0 Å². The lowest BCUT2D eigenvalue weighted by Crippen LogP contribution is -2.17. The van der Waals surface area contributed by atoms with Gasteiger partial charge >= 0.3 is 0 Å². The molecule has 0 saturated carbocycles. The lowest BCUT2D eigenvalue weighted by atomic mass is 9.88. The van der Waals surface area contributed by atoms with Crippen molar-refractivity contribution in [3.05, 3.63) is 59.4 Å². The number of hydrogen-bond donors (Lipinski definition) is 1. The van der Waals surface area contributed by atoms with E-state index < -0.39 is 0 Å². The molecular formula is C17H15FN2S. The summed E-state index contributed by atoms with van der Waals surface area (Å²) in [6.07, 6.45) is 3.45. The molecule has 0 aliphatic heterocycles. The summed E-state index contributed by atoms with van der Waals surface area (Å²) in [6, 6.07) is 13.7. The second kappa shape index (κ2) is 5.11. The highest BCUT2D eigenvalue weighted by atomic mass is 32.1. The number of halogens is 1. The molecule has 0 saturated heterocycles. The fourth-order valence-corrected chi connectivity index (χ4v) is 3.91. The van der Waals surface area contributed by atoms with Gasteiger partial charge in [0.25, 0.3) is 0 Å². The van der Waals surface area contributed by atoms with Gasteiger partial charge in [0.15, 0.2) is 5.13 Å². The minimum Gasteiger partial charge on any atom is -0.355 e. The zero-order valence-corrected chi connectivity index (χ0v) is 12.3. The lowest BCUT2D eigenvalue weighted by molar-refractivity contribution is 0.600. The van der Waals surface area contributed by atoms with Crippen LogP contribution in [0, 0.1) is 5.82 Å². The van der Waals surface area contributed by atoms with E-state index in [0.717, 1.165) is 28.2 Å². The van der Waals surface area contributed by atoms with Gasteiger partial charge in [0.1, 0.15) is 5.82 Å². The van der Waals surface area contributed by atoms with E-state index in [1.807, 2.05) is 0 Å². The Morgan fingerprint density at radius 2 is 2.10 bits per heavy atom. The average Bonchev–Trinajstić information content (AvgIpc) is 2.89. The van der Waals surface area contributed by atoms with Crippen LogP contribution in [-0.2, 0) is 6.42 Å². The number of anilines is 1. The Labute approximate surface area is 126 Å². The van der Waals surface area contributed by atoms with Gasteiger partial charge in [-0.25, -0.2) is 9.37 Å². The summed E-state index contributed by atoms with van der Waals surface area (Å²) in [5.41, 5.74) is 3.52. The molecule has 0 fully saturated rings. The first-order valence-electron chi connectivity index (χ1n) is 7.20. The van der Waals surface area contributed by atoms with Gasteiger partial charge in [-0.05, 0) is 42.5 Å². The molecule has 106 valence electrons. The van der Waals surface area contributed by atoms with Crippen molar-refractivity contribution in [3.63, 3.8) is 0 Å². The first-order valence-corrected chi connectivity index (χ1v) is 8.02. The number of benzene rings is 2. The van der Waals surface area contributed by atoms with Crippen molar-refractivity contribution < 1.29 is 4.39 Å². The molecule has 0 spiro atoms. The Morgan fingerprint density at radius 1 is 1.19 bits per heavy atom. The molecule has 4 heteroatoms. The lowest BCUT2D eigenvalue weighted by Gasteiger charge is -2.26. The predicted octanol–water partition coefficient (Wildman–Crippen LogP) is 4.92. The normalized spacial score (nSPS) is 17.7. The number of thiazole rings is 1. The van der Waals surface area contributed by atoms with E-state index in [-0.39, 0.29) is 5.82 Å². The SMILES string of the molecule is Fc1ccc2sc(NC3CCCc4ccccc43)nc2c1. The highest BCUT2D eigenvalue weighted by molar-refractivity contribution is 7.22. The third-order valence-electron chi connectivity index (χ3n) is 4.02. The van der Waals surface area contributed by atoms with Crippen LogP contribution in [0.5, 0.6) is 0 Å². The van der Waals surface area contributed by atoms with Crippen LogP contribution in [0.15, 0.2) is 42.5 Å². The Kier molecular flexibility index (Phi) is 3.11. The number of aromatic nitrogens is 1. The van der Waals surface area contributed by atoms with Gasteiger partial charge in [0.2, 0.25) is 0 Å². The van der Waals surface area contributed by atoms with Crippen molar-refractivity contribution in [2.45, 2.75) is 25.3 Å². The highest BCUT2D eigenvalue weighted by Gasteiger charge is 2.20. The maximum Gasteiger partial charge on any atom is 0.184 e. The Bertz CT molecular complexity index is 796. The number of aryl methyl sites for hydroxylation is 1. The Hall–Kier alpha value is -1.94. The summed E-state index contributed by atoms with van der Waals surface area (Å²) in [4.78, 5) is 4.51. The summed E-state index contributed by atoms with van der Waals surface area (Å²) in [7, 11) is 0. The number of rotatable bonds is 2. The van der Waals surface area contributed by atoms with Crippen LogP contribution in [0.1, 0.15) is 30.0 Å².